The fraction of sp³-hybridized carbons (Fsp3) is 0.452. The van der Waals surface area contributed by atoms with E-state index in [-0.39, 0.29) is 52.1 Å². The number of carbonyl (C=O) groups excluding carboxylic acids is 1. The first kappa shape index (κ1) is 29.2. The van der Waals surface area contributed by atoms with E-state index in [9.17, 15) is 19.6 Å². The summed E-state index contributed by atoms with van der Waals surface area (Å²) in [4.78, 5) is 19.7. The second-order valence-corrected chi connectivity index (χ2v) is 12.4. The molecule has 0 radical (unpaired) electrons. The number of rotatable bonds is 8. The van der Waals surface area contributed by atoms with Gasteiger partial charge in [0.05, 0.1) is 29.5 Å². The van der Waals surface area contributed by atoms with Gasteiger partial charge in [0.15, 0.2) is 5.78 Å². The molecule has 1 aromatic heterocycles. The van der Waals surface area contributed by atoms with Crippen molar-refractivity contribution in [3.05, 3.63) is 57.4 Å². The van der Waals surface area contributed by atoms with Crippen molar-refractivity contribution >= 4 is 43.8 Å². The van der Waals surface area contributed by atoms with Crippen molar-refractivity contribution in [2.24, 2.45) is 4.99 Å². The van der Waals surface area contributed by atoms with Crippen molar-refractivity contribution in [3.8, 4) is 6.07 Å². The van der Waals surface area contributed by atoms with Crippen molar-refractivity contribution in [3.63, 3.8) is 0 Å². The standard InChI is InChI=1S/C31H35FN6O4S/c1-4-6-22(15(2)39)35-30-25-20-14-41-13-19(20)23(17-8-9-21(32)28-24(17)18(11-33)29(34)43-28)27(40)26(25)36-31(37-30)42-12-16-7-5-10-38(16)3/h8-9,16,22,26,35,40H,4-7,10,12-14,34H2,1-3H3,(H,36,37). The van der Waals surface area contributed by atoms with Crippen LogP contribution in [0.25, 0.3) is 15.7 Å². The number of halogens is 1. The number of benzene rings is 1. The molecule has 0 saturated carbocycles. The number of likely N-dealkylation sites (N-methyl/N-ethyl adjacent to an activating group) is 1. The molecule has 0 bridgehead atoms. The Morgan fingerprint density at radius 1 is 1.42 bits per heavy atom. The third kappa shape index (κ3) is 5.05. The summed E-state index contributed by atoms with van der Waals surface area (Å²) in [6.45, 7) is 5.44. The average molecular weight is 607 g/mol. The first-order chi connectivity index (χ1) is 20.7. The monoisotopic (exact) mass is 606 g/mol. The zero-order valence-corrected chi connectivity index (χ0v) is 25.2. The molecule has 1 aromatic carbocycles. The number of thiophene rings is 1. The SMILES string of the molecule is CCCC(NC1=C2C3=C(COC3)C(c3ccc(F)c4sc(N)c(C#N)c34)=C(O)C2N=C(OCC2CCCN2C)N1)C(C)=O. The van der Waals surface area contributed by atoms with E-state index in [0.29, 0.717) is 46.5 Å². The molecule has 4 aliphatic rings. The molecule has 0 spiro atoms. The normalized spacial score (nSPS) is 22.7. The third-order valence-corrected chi connectivity index (χ3v) is 9.72. The lowest BCUT2D eigenvalue weighted by Crippen LogP contribution is -2.47. The number of anilines is 1. The molecular weight excluding hydrogens is 571 g/mol. The van der Waals surface area contributed by atoms with Gasteiger partial charge < -0.3 is 30.5 Å². The van der Waals surface area contributed by atoms with Crippen molar-refractivity contribution < 1.29 is 23.8 Å². The second-order valence-electron chi connectivity index (χ2n) is 11.4. The number of nitrogens with zero attached hydrogens (tertiary/aromatic N) is 3. The Hall–Kier alpha value is -3.92. The van der Waals surface area contributed by atoms with Crippen molar-refractivity contribution in [1.82, 2.24) is 15.5 Å². The molecule has 3 atom stereocenters. The number of ether oxygens (including phenoxy) is 2. The average Bonchev–Trinajstić information content (AvgIpc) is 3.71. The Balaban J connectivity index is 1.50. The number of ketones is 1. The van der Waals surface area contributed by atoms with Crippen LogP contribution >= 0.6 is 11.3 Å². The summed E-state index contributed by atoms with van der Waals surface area (Å²) in [5, 5.41) is 29.2. The van der Waals surface area contributed by atoms with Crippen LogP contribution in [0.4, 0.5) is 9.39 Å². The van der Waals surface area contributed by atoms with Gasteiger partial charge in [-0.05, 0) is 62.6 Å². The molecule has 0 amide bonds. The molecule has 226 valence electrons. The molecule has 10 nitrogen and oxygen atoms in total. The van der Waals surface area contributed by atoms with E-state index < -0.39 is 17.9 Å². The van der Waals surface area contributed by atoms with Gasteiger partial charge >= 0.3 is 0 Å². The van der Waals surface area contributed by atoms with E-state index in [1.807, 2.05) is 6.92 Å². The fourth-order valence-corrected chi connectivity index (χ4v) is 7.37. The highest BCUT2D eigenvalue weighted by Crippen LogP contribution is 2.48. The number of fused-ring (bicyclic) bond motifs is 3. The van der Waals surface area contributed by atoms with Gasteiger partial charge in [0.2, 0.25) is 0 Å². The molecule has 6 rings (SSSR count). The lowest BCUT2D eigenvalue weighted by molar-refractivity contribution is -0.119. The number of aliphatic imine (C=N–C) groups is 1. The highest BCUT2D eigenvalue weighted by Gasteiger charge is 2.42. The van der Waals surface area contributed by atoms with Crippen LogP contribution in [0.3, 0.4) is 0 Å². The minimum atomic E-state index is -0.883. The Morgan fingerprint density at radius 3 is 2.91 bits per heavy atom. The van der Waals surface area contributed by atoms with Crippen molar-refractivity contribution in [2.45, 2.75) is 57.7 Å². The number of nitrogens with one attached hydrogen (secondary N) is 2. The van der Waals surface area contributed by atoms with Gasteiger partial charge in [0.1, 0.15) is 41.1 Å². The van der Waals surface area contributed by atoms with E-state index in [1.54, 1.807) is 13.0 Å². The van der Waals surface area contributed by atoms with Crippen LogP contribution in [-0.4, -0.2) is 73.3 Å². The van der Waals surface area contributed by atoms with Gasteiger partial charge in [-0.25, -0.2) is 9.38 Å². The van der Waals surface area contributed by atoms with Crippen LogP contribution in [0.1, 0.15) is 50.7 Å². The van der Waals surface area contributed by atoms with Crippen LogP contribution in [0.2, 0.25) is 0 Å². The third-order valence-electron chi connectivity index (χ3n) is 8.69. The first-order valence-corrected chi connectivity index (χ1v) is 15.4. The van der Waals surface area contributed by atoms with E-state index in [4.69, 9.17) is 20.2 Å². The van der Waals surface area contributed by atoms with Gasteiger partial charge in [-0.1, -0.05) is 19.4 Å². The van der Waals surface area contributed by atoms with E-state index in [1.165, 1.54) is 6.07 Å². The van der Waals surface area contributed by atoms with E-state index >= 15 is 0 Å². The van der Waals surface area contributed by atoms with Crippen molar-refractivity contribution in [1.29, 1.82) is 5.26 Å². The number of amidine groups is 1. The van der Waals surface area contributed by atoms with Crippen LogP contribution in [0, 0.1) is 17.1 Å². The van der Waals surface area contributed by atoms with Gasteiger partial charge in [0, 0.05) is 22.6 Å². The molecule has 1 aliphatic carbocycles. The van der Waals surface area contributed by atoms with Crippen LogP contribution < -0.4 is 16.4 Å². The predicted molar refractivity (Wildman–Crippen MR) is 164 cm³/mol. The zero-order valence-electron chi connectivity index (χ0n) is 24.4. The zero-order chi connectivity index (χ0) is 30.4. The number of nitrogen functional groups attached to an aromatic ring is 1. The second kappa shape index (κ2) is 11.6. The van der Waals surface area contributed by atoms with Crippen LogP contribution in [0.15, 0.2) is 45.4 Å². The molecule has 12 heteroatoms. The Bertz CT molecular complexity index is 1670. The largest absolute Gasteiger partial charge is 0.509 e. The molecule has 4 heterocycles. The number of Topliss-reactive ketones (excluding diaryl/α,β-unsaturated/α-hetero) is 1. The first-order valence-electron chi connectivity index (χ1n) is 14.6. The van der Waals surface area contributed by atoms with E-state index in [2.05, 4.69) is 28.7 Å². The summed E-state index contributed by atoms with van der Waals surface area (Å²) < 4.78 is 27.3. The lowest BCUT2D eigenvalue weighted by atomic mass is 9.80. The highest BCUT2D eigenvalue weighted by atomic mass is 32.1. The molecule has 3 aliphatic heterocycles. The number of likely N-dealkylation sites (tertiary alicyclic amines) is 1. The quantitative estimate of drug-likeness (QED) is 0.349. The minimum Gasteiger partial charge on any atom is -0.509 e. The highest BCUT2D eigenvalue weighted by molar-refractivity contribution is 7.23. The molecular formula is C31H35FN6O4S. The van der Waals surface area contributed by atoms with Gasteiger partial charge in [-0.2, -0.15) is 5.26 Å². The summed E-state index contributed by atoms with van der Waals surface area (Å²) in [6.07, 6.45) is 3.52. The van der Waals surface area contributed by atoms with Crippen molar-refractivity contribution in [2.75, 3.05) is 39.1 Å². The number of hydrogen-bond donors (Lipinski definition) is 4. The summed E-state index contributed by atoms with van der Waals surface area (Å²) in [6, 6.07) is 4.13. The number of carbonyl (C=O) groups is 1. The van der Waals surface area contributed by atoms with Crippen LogP contribution in [0.5, 0.6) is 0 Å². The van der Waals surface area contributed by atoms with E-state index in [0.717, 1.165) is 42.7 Å². The number of nitriles is 1. The molecule has 1 saturated heterocycles. The lowest BCUT2D eigenvalue weighted by Gasteiger charge is -2.34. The molecule has 1 fully saturated rings. The maximum absolute atomic E-state index is 14.9. The van der Waals surface area contributed by atoms with Gasteiger partial charge in [-0.3, -0.25) is 10.1 Å². The summed E-state index contributed by atoms with van der Waals surface area (Å²) in [5.74, 6) is -0.0356. The Morgan fingerprint density at radius 2 is 2.21 bits per heavy atom. The predicted octanol–water partition coefficient (Wildman–Crippen LogP) is 4.10. The summed E-state index contributed by atoms with van der Waals surface area (Å²) in [7, 11) is 2.07. The summed E-state index contributed by atoms with van der Waals surface area (Å²) >= 11 is 1.01. The minimum absolute atomic E-state index is 0.00761. The fourth-order valence-electron chi connectivity index (χ4n) is 6.42. The Labute approximate surface area is 253 Å². The molecule has 3 unspecified atom stereocenters. The maximum Gasteiger partial charge on any atom is 0.291 e. The van der Waals surface area contributed by atoms with Gasteiger partial charge in [-0.15, -0.1) is 11.3 Å². The number of aliphatic hydroxyl groups excluding tert-OH is 1. The number of nitrogens with two attached hydrogens (primary N) is 1. The Kier molecular flexibility index (Phi) is 7.89. The number of aliphatic hydroxyl groups is 1. The molecule has 5 N–H and O–H groups in total. The topological polar surface area (TPSA) is 145 Å². The molecule has 43 heavy (non-hydrogen) atoms. The smallest absolute Gasteiger partial charge is 0.291 e. The molecule has 2 aromatic rings. The van der Waals surface area contributed by atoms with Gasteiger partial charge in [0.25, 0.3) is 6.02 Å². The maximum atomic E-state index is 14.9. The number of hydrogen-bond acceptors (Lipinski definition) is 11. The summed E-state index contributed by atoms with van der Waals surface area (Å²) in [5.41, 5.74) is 9.42. The van der Waals surface area contributed by atoms with Crippen LogP contribution in [-0.2, 0) is 14.3 Å².